The third-order valence-corrected chi connectivity index (χ3v) is 3.70. The van der Waals surface area contributed by atoms with Crippen LogP contribution >= 0.6 is 11.6 Å². The van der Waals surface area contributed by atoms with Gasteiger partial charge in [0.15, 0.2) is 0 Å². The molecule has 0 aliphatic rings. The summed E-state index contributed by atoms with van der Waals surface area (Å²) in [7, 11) is 0. The Labute approximate surface area is 151 Å². The molecule has 0 saturated heterocycles. The van der Waals surface area contributed by atoms with E-state index in [2.05, 4.69) is 15.2 Å². The molecule has 25 heavy (non-hydrogen) atoms. The third-order valence-electron chi connectivity index (χ3n) is 3.54. The van der Waals surface area contributed by atoms with E-state index in [0.29, 0.717) is 24.6 Å². The van der Waals surface area contributed by atoms with Crippen LogP contribution in [0.4, 0.5) is 0 Å². The van der Waals surface area contributed by atoms with E-state index in [1.54, 1.807) is 0 Å². The van der Waals surface area contributed by atoms with Crippen molar-refractivity contribution >= 4 is 11.6 Å². The van der Waals surface area contributed by atoms with E-state index >= 15 is 0 Å². The van der Waals surface area contributed by atoms with Gasteiger partial charge in [-0.1, -0.05) is 0 Å². The number of ether oxygens (including phenoxy) is 2. The fourth-order valence-electron chi connectivity index (χ4n) is 2.45. The smallest absolute Gasteiger partial charge is 0.243 e. The second-order valence-corrected chi connectivity index (χ2v) is 5.53. The molecule has 0 unspecified atom stereocenters. The van der Waals surface area contributed by atoms with Crippen LogP contribution in [0.2, 0.25) is 5.28 Å². The maximum absolute atomic E-state index is 5.97. The summed E-state index contributed by atoms with van der Waals surface area (Å²) in [5.74, 6) is 1.62. The summed E-state index contributed by atoms with van der Waals surface area (Å²) in [6.45, 7) is 5.15. The van der Waals surface area contributed by atoms with Gasteiger partial charge in [-0.2, -0.15) is 0 Å². The first-order valence-corrected chi connectivity index (χ1v) is 8.45. The summed E-state index contributed by atoms with van der Waals surface area (Å²) in [6.07, 6.45) is 0. The zero-order valence-electron chi connectivity index (χ0n) is 14.1. The summed E-state index contributed by atoms with van der Waals surface area (Å²) in [4.78, 5) is 4.37. The van der Waals surface area contributed by atoms with Gasteiger partial charge in [0.1, 0.15) is 22.9 Å². The number of aromatic nitrogens is 3. The van der Waals surface area contributed by atoms with E-state index in [9.17, 15) is 0 Å². The van der Waals surface area contributed by atoms with Crippen molar-refractivity contribution in [2.24, 2.45) is 0 Å². The molecule has 0 N–H and O–H groups in total. The molecule has 6 heteroatoms. The Hall–Kier alpha value is -2.66. The molecule has 0 spiro atoms. The molecule has 0 fully saturated rings. The highest BCUT2D eigenvalue weighted by Gasteiger charge is 2.13. The van der Waals surface area contributed by atoms with Crippen molar-refractivity contribution in [2.45, 2.75) is 13.8 Å². The zero-order valence-corrected chi connectivity index (χ0v) is 14.8. The summed E-state index contributed by atoms with van der Waals surface area (Å²) in [5.41, 5.74) is 3.12. The van der Waals surface area contributed by atoms with Crippen molar-refractivity contribution in [2.75, 3.05) is 13.2 Å². The van der Waals surface area contributed by atoms with Gasteiger partial charge in [-0.25, -0.2) is 4.98 Å². The summed E-state index contributed by atoms with van der Waals surface area (Å²) >= 11 is 5.97. The number of halogens is 1. The number of rotatable bonds is 6. The minimum atomic E-state index is 0.110. The van der Waals surface area contributed by atoms with Crippen molar-refractivity contribution in [1.82, 2.24) is 15.2 Å². The molecule has 3 rings (SSSR count). The van der Waals surface area contributed by atoms with Gasteiger partial charge in [0, 0.05) is 11.1 Å². The minimum absolute atomic E-state index is 0.110. The molecule has 0 aliphatic heterocycles. The average Bonchev–Trinajstić information content (AvgIpc) is 2.64. The van der Waals surface area contributed by atoms with Gasteiger partial charge in [0.2, 0.25) is 5.28 Å². The molecule has 3 aromatic rings. The monoisotopic (exact) mass is 355 g/mol. The lowest BCUT2D eigenvalue weighted by molar-refractivity contribution is 0.340. The van der Waals surface area contributed by atoms with E-state index in [1.807, 2.05) is 62.4 Å². The lowest BCUT2D eigenvalue weighted by Gasteiger charge is -2.10. The number of nitrogens with zero attached hydrogens (tertiary/aromatic N) is 3. The van der Waals surface area contributed by atoms with Crippen molar-refractivity contribution in [3.8, 4) is 34.0 Å². The molecule has 0 amide bonds. The first-order chi connectivity index (χ1) is 12.2. The second-order valence-electron chi connectivity index (χ2n) is 5.19. The van der Waals surface area contributed by atoms with Crippen LogP contribution in [-0.2, 0) is 0 Å². The Balaban J connectivity index is 2.00. The number of hydrogen-bond acceptors (Lipinski definition) is 5. The summed E-state index contributed by atoms with van der Waals surface area (Å²) in [6, 6.07) is 15.3. The average molecular weight is 356 g/mol. The third kappa shape index (κ3) is 4.06. The molecule has 1 aromatic heterocycles. The minimum Gasteiger partial charge on any atom is -0.494 e. The van der Waals surface area contributed by atoms with E-state index in [-0.39, 0.29) is 5.28 Å². The Morgan fingerprint density at radius 1 is 0.720 bits per heavy atom. The highest BCUT2D eigenvalue weighted by Crippen LogP contribution is 2.31. The van der Waals surface area contributed by atoms with Crippen LogP contribution in [0.1, 0.15) is 13.8 Å². The van der Waals surface area contributed by atoms with Gasteiger partial charge in [0.05, 0.1) is 13.2 Å². The second kappa shape index (κ2) is 7.94. The molecule has 128 valence electrons. The first-order valence-electron chi connectivity index (χ1n) is 8.08. The molecule has 0 radical (unpaired) electrons. The van der Waals surface area contributed by atoms with Gasteiger partial charge in [-0.15, -0.1) is 10.2 Å². The predicted octanol–water partition coefficient (Wildman–Crippen LogP) is 4.66. The standard InChI is InChI=1S/C19H18ClN3O2/c1-3-24-15-9-5-13(6-10-15)17-18(22-23-19(20)21-17)14-7-11-16(12-8-14)25-4-2/h5-12H,3-4H2,1-2H3. The molecular weight excluding hydrogens is 338 g/mol. The summed E-state index contributed by atoms with van der Waals surface area (Å²) < 4.78 is 11.0. The lowest BCUT2D eigenvalue weighted by Crippen LogP contribution is -1.98. The Morgan fingerprint density at radius 2 is 1.20 bits per heavy atom. The van der Waals surface area contributed by atoms with Crippen LogP contribution < -0.4 is 9.47 Å². The van der Waals surface area contributed by atoms with E-state index < -0.39 is 0 Å². The van der Waals surface area contributed by atoms with Gasteiger partial charge >= 0.3 is 0 Å². The molecule has 0 aliphatic carbocycles. The van der Waals surface area contributed by atoms with Crippen LogP contribution in [0.25, 0.3) is 22.5 Å². The van der Waals surface area contributed by atoms with Gasteiger partial charge in [0.25, 0.3) is 0 Å². The van der Waals surface area contributed by atoms with Crippen LogP contribution in [-0.4, -0.2) is 28.4 Å². The number of benzene rings is 2. The Bertz CT molecular complexity index is 836. The van der Waals surface area contributed by atoms with Crippen molar-refractivity contribution in [3.63, 3.8) is 0 Å². The summed E-state index contributed by atoms with van der Waals surface area (Å²) in [5, 5.41) is 8.25. The fraction of sp³-hybridized carbons (Fsp3) is 0.211. The van der Waals surface area contributed by atoms with Gasteiger partial charge in [-0.3, -0.25) is 0 Å². The normalized spacial score (nSPS) is 10.5. The van der Waals surface area contributed by atoms with Crippen molar-refractivity contribution in [1.29, 1.82) is 0 Å². The lowest BCUT2D eigenvalue weighted by atomic mass is 10.0. The Morgan fingerprint density at radius 3 is 1.68 bits per heavy atom. The Kier molecular flexibility index (Phi) is 5.46. The van der Waals surface area contributed by atoms with E-state index in [1.165, 1.54) is 0 Å². The molecule has 5 nitrogen and oxygen atoms in total. The van der Waals surface area contributed by atoms with Crippen LogP contribution in [0.15, 0.2) is 48.5 Å². The van der Waals surface area contributed by atoms with E-state index in [0.717, 1.165) is 22.6 Å². The number of hydrogen-bond donors (Lipinski definition) is 0. The molecule has 1 heterocycles. The molecule has 2 aromatic carbocycles. The predicted molar refractivity (Wildman–Crippen MR) is 98.0 cm³/mol. The quantitative estimate of drug-likeness (QED) is 0.643. The largest absolute Gasteiger partial charge is 0.494 e. The van der Waals surface area contributed by atoms with Gasteiger partial charge < -0.3 is 9.47 Å². The maximum atomic E-state index is 5.97. The SMILES string of the molecule is CCOc1ccc(-c2nnc(Cl)nc2-c2ccc(OCC)cc2)cc1. The van der Waals surface area contributed by atoms with E-state index in [4.69, 9.17) is 21.1 Å². The van der Waals surface area contributed by atoms with Crippen molar-refractivity contribution in [3.05, 3.63) is 53.8 Å². The van der Waals surface area contributed by atoms with Gasteiger partial charge in [-0.05, 0) is 74.0 Å². The molecule has 0 bridgehead atoms. The fourth-order valence-corrected chi connectivity index (χ4v) is 2.58. The van der Waals surface area contributed by atoms with Crippen LogP contribution in [0, 0.1) is 0 Å². The molecule has 0 saturated carbocycles. The zero-order chi connectivity index (χ0) is 17.6. The van der Waals surface area contributed by atoms with Crippen molar-refractivity contribution < 1.29 is 9.47 Å². The first kappa shape index (κ1) is 17.2. The molecular formula is C19H18ClN3O2. The van der Waals surface area contributed by atoms with Crippen LogP contribution in [0.3, 0.4) is 0 Å². The highest BCUT2D eigenvalue weighted by atomic mass is 35.5. The highest BCUT2D eigenvalue weighted by molar-refractivity contribution is 6.28. The molecule has 0 atom stereocenters. The topological polar surface area (TPSA) is 57.1 Å². The van der Waals surface area contributed by atoms with Crippen LogP contribution in [0.5, 0.6) is 11.5 Å². The maximum Gasteiger partial charge on any atom is 0.243 e.